The van der Waals surface area contributed by atoms with Crippen LogP contribution in [0, 0.1) is 5.82 Å². The van der Waals surface area contributed by atoms with Gasteiger partial charge >= 0.3 is 0 Å². The fraction of sp³-hybridized carbons (Fsp3) is 0.500. The Morgan fingerprint density at radius 3 is 2.85 bits per heavy atom. The number of likely N-dealkylation sites (N-methyl/N-ethyl adjacent to an activating group) is 1. The van der Waals surface area contributed by atoms with Crippen LogP contribution in [0.4, 0.5) is 4.39 Å². The number of fused-ring (bicyclic) bond motifs is 1. The minimum atomic E-state index is -0.419. The number of hydrogen-bond acceptors (Lipinski definition) is 2. The van der Waals surface area contributed by atoms with Crippen LogP contribution in [-0.4, -0.2) is 34.1 Å². The number of halogens is 3. The van der Waals surface area contributed by atoms with E-state index in [9.17, 15) is 4.39 Å². The van der Waals surface area contributed by atoms with Gasteiger partial charge in [0.1, 0.15) is 11.6 Å². The minimum Gasteiger partial charge on any atom is -0.326 e. The van der Waals surface area contributed by atoms with Crippen LogP contribution in [0.25, 0.3) is 11.0 Å². The van der Waals surface area contributed by atoms with Gasteiger partial charge < -0.3 is 9.47 Å². The molecule has 0 atom stereocenters. The van der Waals surface area contributed by atoms with Gasteiger partial charge in [-0.3, -0.25) is 0 Å². The molecule has 3 rings (SSSR count). The Hall–Kier alpha value is -0.840. The van der Waals surface area contributed by atoms with Gasteiger partial charge in [0.2, 0.25) is 0 Å². The smallest absolute Gasteiger partial charge is 0.144 e. The zero-order valence-corrected chi connectivity index (χ0v) is 12.8. The Balaban J connectivity index is 1.92. The molecule has 0 saturated heterocycles. The Bertz CT molecular complexity index is 637. The lowest BCUT2D eigenvalue weighted by Gasteiger charge is -2.17. The molecule has 0 N–H and O–H groups in total. The van der Waals surface area contributed by atoms with Gasteiger partial charge in [-0.05, 0) is 26.0 Å². The van der Waals surface area contributed by atoms with Crippen LogP contribution >= 0.6 is 23.2 Å². The lowest BCUT2D eigenvalue weighted by molar-refractivity contribution is 0.309. The summed E-state index contributed by atoms with van der Waals surface area (Å²) >= 11 is 11.8. The second kappa shape index (κ2) is 5.51. The summed E-state index contributed by atoms with van der Waals surface area (Å²) in [5.41, 5.74) is 1.45. The maximum absolute atomic E-state index is 13.7. The lowest BCUT2D eigenvalue weighted by Crippen LogP contribution is -2.25. The van der Waals surface area contributed by atoms with Crippen molar-refractivity contribution in [2.45, 2.75) is 31.3 Å². The molecule has 2 aromatic rings. The highest BCUT2D eigenvalue weighted by Crippen LogP contribution is 2.27. The predicted molar refractivity (Wildman–Crippen MR) is 79.9 cm³/mol. The summed E-state index contributed by atoms with van der Waals surface area (Å²) in [6.07, 6.45) is 2.54. The summed E-state index contributed by atoms with van der Waals surface area (Å²) in [6, 6.07) is 3.71. The number of imidazole rings is 1. The number of nitrogens with zero attached hydrogens (tertiary/aromatic N) is 3. The van der Waals surface area contributed by atoms with E-state index in [1.165, 1.54) is 18.9 Å². The van der Waals surface area contributed by atoms with Crippen molar-refractivity contribution in [2.24, 2.45) is 0 Å². The van der Waals surface area contributed by atoms with Crippen LogP contribution in [-0.2, 0) is 12.4 Å². The molecule has 0 aliphatic heterocycles. The van der Waals surface area contributed by atoms with Crippen LogP contribution in [0.3, 0.4) is 0 Å². The molecule has 1 heterocycles. The number of rotatable bonds is 5. The van der Waals surface area contributed by atoms with Gasteiger partial charge in [0.25, 0.3) is 0 Å². The molecule has 1 saturated carbocycles. The molecule has 0 amide bonds. The monoisotopic (exact) mass is 315 g/mol. The van der Waals surface area contributed by atoms with Crippen LogP contribution in [0.2, 0.25) is 5.02 Å². The van der Waals surface area contributed by atoms with Crippen molar-refractivity contribution < 1.29 is 4.39 Å². The van der Waals surface area contributed by atoms with Gasteiger partial charge in [-0.2, -0.15) is 0 Å². The van der Waals surface area contributed by atoms with Crippen molar-refractivity contribution in [3.8, 4) is 0 Å². The van der Waals surface area contributed by atoms with E-state index in [1.54, 1.807) is 6.07 Å². The van der Waals surface area contributed by atoms with Crippen LogP contribution in [0.15, 0.2) is 12.1 Å². The summed E-state index contributed by atoms with van der Waals surface area (Å²) in [7, 11) is 2.12. The van der Waals surface area contributed by atoms with E-state index in [0.717, 1.165) is 24.4 Å². The molecule has 0 bridgehead atoms. The molecule has 1 aromatic carbocycles. The third-order valence-electron chi connectivity index (χ3n) is 3.84. The Morgan fingerprint density at radius 1 is 1.45 bits per heavy atom. The topological polar surface area (TPSA) is 21.1 Å². The third kappa shape index (κ3) is 2.65. The molecule has 1 aliphatic carbocycles. The van der Waals surface area contributed by atoms with E-state index in [1.807, 2.05) is 4.57 Å². The van der Waals surface area contributed by atoms with Crippen LogP contribution in [0.5, 0.6) is 0 Å². The molecule has 0 spiro atoms. The lowest BCUT2D eigenvalue weighted by atomic mass is 10.3. The Kier molecular flexibility index (Phi) is 3.89. The van der Waals surface area contributed by atoms with Crippen molar-refractivity contribution in [3.63, 3.8) is 0 Å². The van der Waals surface area contributed by atoms with Gasteiger partial charge in [-0.15, -0.1) is 11.6 Å². The van der Waals surface area contributed by atoms with Crippen molar-refractivity contribution in [1.82, 2.24) is 14.5 Å². The molecular weight excluding hydrogens is 300 g/mol. The minimum absolute atomic E-state index is 0.0957. The standard InChI is InChI=1S/C14H16Cl2FN3/c1-19(9-2-3-9)4-5-20-13-7-11(17)10(16)6-12(13)18-14(20)8-15/h6-7,9H,2-5,8H2,1H3. The van der Waals surface area contributed by atoms with Gasteiger partial charge in [0, 0.05) is 25.2 Å². The fourth-order valence-electron chi connectivity index (χ4n) is 2.48. The summed E-state index contributed by atoms with van der Waals surface area (Å²) in [4.78, 5) is 6.76. The molecule has 1 aromatic heterocycles. The number of hydrogen-bond donors (Lipinski definition) is 0. The quantitative estimate of drug-likeness (QED) is 0.785. The largest absolute Gasteiger partial charge is 0.326 e. The predicted octanol–water partition coefficient (Wildman–Crippen LogP) is 3.66. The van der Waals surface area contributed by atoms with E-state index in [-0.39, 0.29) is 5.02 Å². The van der Waals surface area contributed by atoms with E-state index in [2.05, 4.69) is 16.9 Å². The molecular formula is C14H16Cl2FN3. The molecule has 108 valence electrons. The first-order valence-electron chi connectivity index (χ1n) is 6.70. The van der Waals surface area contributed by atoms with E-state index in [4.69, 9.17) is 23.2 Å². The maximum Gasteiger partial charge on any atom is 0.144 e. The molecule has 3 nitrogen and oxygen atoms in total. The molecule has 1 aliphatic rings. The molecule has 6 heteroatoms. The zero-order valence-electron chi connectivity index (χ0n) is 11.2. The normalized spacial score (nSPS) is 15.4. The van der Waals surface area contributed by atoms with E-state index >= 15 is 0 Å². The number of alkyl halides is 1. The highest BCUT2D eigenvalue weighted by molar-refractivity contribution is 6.31. The van der Waals surface area contributed by atoms with E-state index in [0.29, 0.717) is 17.4 Å². The van der Waals surface area contributed by atoms with Crippen molar-refractivity contribution >= 4 is 34.2 Å². The second-order valence-electron chi connectivity index (χ2n) is 5.28. The molecule has 0 radical (unpaired) electrons. The number of benzene rings is 1. The van der Waals surface area contributed by atoms with Gasteiger partial charge in [-0.25, -0.2) is 9.37 Å². The SMILES string of the molecule is CN(CCn1c(CCl)nc2cc(Cl)c(F)cc21)C1CC1. The van der Waals surface area contributed by atoms with Crippen molar-refractivity contribution in [1.29, 1.82) is 0 Å². The fourth-order valence-corrected chi connectivity index (χ4v) is 2.84. The molecule has 20 heavy (non-hydrogen) atoms. The average Bonchev–Trinajstić information content (AvgIpc) is 3.21. The Labute approximate surface area is 127 Å². The van der Waals surface area contributed by atoms with E-state index < -0.39 is 5.82 Å². The first kappa shape index (κ1) is 14.1. The molecule has 1 fully saturated rings. The highest BCUT2D eigenvalue weighted by Gasteiger charge is 2.26. The van der Waals surface area contributed by atoms with Gasteiger partial charge in [-0.1, -0.05) is 11.6 Å². The zero-order chi connectivity index (χ0) is 14.3. The average molecular weight is 316 g/mol. The summed E-state index contributed by atoms with van der Waals surface area (Å²) in [5.74, 6) is 0.644. The third-order valence-corrected chi connectivity index (χ3v) is 4.36. The van der Waals surface area contributed by atoms with Crippen molar-refractivity contribution in [3.05, 3.63) is 28.8 Å². The summed E-state index contributed by atoms with van der Waals surface area (Å²) in [6.45, 7) is 1.66. The molecule has 0 unspecified atom stereocenters. The second-order valence-corrected chi connectivity index (χ2v) is 5.95. The van der Waals surface area contributed by atoms with Crippen molar-refractivity contribution in [2.75, 3.05) is 13.6 Å². The van der Waals surface area contributed by atoms with Crippen LogP contribution < -0.4 is 0 Å². The number of aromatic nitrogens is 2. The summed E-state index contributed by atoms with van der Waals surface area (Å²) < 4.78 is 15.6. The first-order valence-corrected chi connectivity index (χ1v) is 7.61. The first-order chi connectivity index (χ1) is 9.60. The summed E-state index contributed by atoms with van der Waals surface area (Å²) in [5, 5.41) is 0.0957. The van der Waals surface area contributed by atoms with Crippen LogP contribution in [0.1, 0.15) is 18.7 Å². The van der Waals surface area contributed by atoms with Gasteiger partial charge in [0.15, 0.2) is 0 Å². The Morgan fingerprint density at radius 2 is 2.20 bits per heavy atom. The van der Waals surface area contributed by atoms with Gasteiger partial charge in [0.05, 0.1) is 21.9 Å². The highest BCUT2D eigenvalue weighted by atomic mass is 35.5. The maximum atomic E-state index is 13.7.